The zero-order valence-corrected chi connectivity index (χ0v) is 9.30. The van der Waals surface area contributed by atoms with Crippen molar-refractivity contribution < 1.29 is 5.11 Å². The van der Waals surface area contributed by atoms with Crippen LogP contribution in [0, 0.1) is 0 Å². The largest absolute Gasteiger partial charge is 0.392 e. The fourth-order valence-electron chi connectivity index (χ4n) is 2.11. The Morgan fingerprint density at radius 3 is 2.07 bits per heavy atom. The van der Waals surface area contributed by atoms with Crippen LogP contribution in [0.5, 0.6) is 0 Å². The minimum atomic E-state index is 0.278. The summed E-state index contributed by atoms with van der Waals surface area (Å²) in [7, 11) is 0. The molecule has 0 atom stereocenters. The molecule has 1 nitrogen and oxygen atoms in total. The first kappa shape index (κ1) is 11.8. The average Bonchev–Trinajstić information content (AvgIpc) is 2.19. The first-order chi connectivity index (χ1) is 6.93. The van der Waals surface area contributed by atoms with E-state index in [0.717, 1.165) is 6.42 Å². The fourth-order valence-corrected chi connectivity index (χ4v) is 2.11. The van der Waals surface area contributed by atoms with Gasteiger partial charge in [-0.1, -0.05) is 44.6 Å². The Hall–Kier alpha value is -0.300. The highest BCUT2D eigenvalue weighted by molar-refractivity contribution is 5.01. The van der Waals surface area contributed by atoms with Gasteiger partial charge in [-0.15, -0.1) is 0 Å². The topological polar surface area (TPSA) is 20.2 Å². The highest BCUT2D eigenvalue weighted by Crippen LogP contribution is 2.16. The number of aliphatic hydroxyl groups is 1. The van der Waals surface area contributed by atoms with Crippen molar-refractivity contribution in [2.75, 3.05) is 6.61 Å². The third-order valence-electron chi connectivity index (χ3n) is 3.09. The molecule has 82 valence electrons. The Balaban J connectivity index is 2.29. The Morgan fingerprint density at radius 2 is 1.43 bits per heavy atom. The normalized spacial score (nSPS) is 21.9. The van der Waals surface area contributed by atoms with Gasteiger partial charge in [0.05, 0.1) is 6.61 Å². The van der Waals surface area contributed by atoms with Gasteiger partial charge in [0.25, 0.3) is 0 Å². The van der Waals surface area contributed by atoms with Crippen molar-refractivity contribution in [2.45, 2.75) is 64.2 Å². The van der Waals surface area contributed by atoms with Crippen LogP contribution >= 0.6 is 0 Å². The summed E-state index contributed by atoms with van der Waals surface area (Å²) < 4.78 is 0. The Bertz CT molecular complexity index is 161. The molecule has 0 saturated heterocycles. The van der Waals surface area contributed by atoms with Crippen molar-refractivity contribution in [1.82, 2.24) is 0 Å². The number of rotatable bonds is 1. The molecule has 0 bridgehead atoms. The lowest BCUT2D eigenvalue weighted by Crippen LogP contribution is -1.92. The van der Waals surface area contributed by atoms with E-state index in [0.29, 0.717) is 0 Å². The van der Waals surface area contributed by atoms with Gasteiger partial charge in [0.2, 0.25) is 0 Å². The van der Waals surface area contributed by atoms with E-state index in [9.17, 15) is 0 Å². The standard InChI is InChI=1S/C13H24O/c14-12-13-10-8-6-4-2-1-3-5-7-9-11-13/h10,14H,1-9,11-12H2. The van der Waals surface area contributed by atoms with Crippen molar-refractivity contribution in [3.05, 3.63) is 11.6 Å². The molecule has 1 aliphatic carbocycles. The SMILES string of the molecule is OCC1=CCCCCCCCCCC1. The Kier molecular flexibility index (Phi) is 6.77. The van der Waals surface area contributed by atoms with Gasteiger partial charge in [-0.05, 0) is 31.3 Å². The second-order valence-electron chi connectivity index (χ2n) is 4.39. The van der Waals surface area contributed by atoms with Crippen molar-refractivity contribution >= 4 is 0 Å². The molecule has 0 radical (unpaired) electrons. The summed E-state index contributed by atoms with van der Waals surface area (Å²) in [4.78, 5) is 0. The molecular weight excluding hydrogens is 172 g/mol. The van der Waals surface area contributed by atoms with Crippen LogP contribution in [0.2, 0.25) is 0 Å². The molecule has 1 N–H and O–H groups in total. The fraction of sp³-hybridized carbons (Fsp3) is 0.846. The summed E-state index contributed by atoms with van der Waals surface area (Å²) in [6, 6.07) is 0. The van der Waals surface area contributed by atoms with Gasteiger partial charge in [-0.2, -0.15) is 0 Å². The maximum Gasteiger partial charge on any atom is 0.0641 e. The summed E-state index contributed by atoms with van der Waals surface area (Å²) in [5.74, 6) is 0. The molecule has 14 heavy (non-hydrogen) atoms. The minimum Gasteiger partial charge on any atom is -0.392 e. The van der Waals surface area contributed by atoms with E-state index in [1.165, 1.54) is 63.4 Å². The summed E-state index contributed by atoms with van der Waals surface area (Å²) in [6.07, 6.45) is 15.5. The van der Waals surface area contributed by atoms with Crippen molar-refractivity contribution in [1.29, 1.82) is 0 Å². The second-order valence-corrected chi connectivity index (χ2v) is 4.39. The number of allylic oxidation sites excluding steroid dienone is 1. The van der Waals surface area contributed by atoms with Crippen molar-refractivity contribution in [2.24, 2.45) is 0 Å². The Labute approximate surface area is 88.2 Å². The second kappa shape index (κ2) is 8.05. The third-order valence-corrected chi connectivity index (χ3v) is 3.09. The molecule has 0 amide bonds. The van der Waals surface area contributed by atoms with Gasteiger partial charge < -0.3 is 5.11 Å². The monoisotopic (exact) mass is 196 g/mol. The van der Waals surface area contributed by atoms with Gasteiger partial charge in [-0.3, -0.25) is 0 Å². The van der Waals surface area contributed by atoms with E-state index in [2.05, 4.69) is 6.08 Å². The lowest BCUT2D eigenvalue weighted by Gasteiger charge is -2.07. The molecule has 0 aromatic heterocycles. The minimum absolute atomic E-state index is 0.278. The first-order valence-electron chi connectivity index (χ1n) is 6.22. The molecule has 0 saturated carbocycles. The highest BCUT2D eigenvalue weighted by Gasteiger charge is 1.98. The predicted molar refractivity (Wildman–Crippen MR) is 61.3 cm³/mol. The van der Waals surface area contributed by atoms with Crippen LogP contribution in [0.25, 0.3) is 0 Å². The average molecular weight is 196 g/mol. The molecule has 0 aromatic carbocycles. The maximum absolute atomic E-state index is 9.13. The van der Waals surface area contributed by atoms with Gasteiger partial charge in [0.1, 0.15) is 0 Å². The van der Waals surface area contributed by atoms with Gasteiger partial charge in [-0.25, -0.2) is 0 Å². The molecule has 0 unspecified atom stereocenters. The van der Waals surface area contributed by atoms with E-state index < -0.39 is 0 Å². The molecule has 1 aliphatic rings. The lowest BCUT2D eigenvalue weighted by atomic mass is 10.0. The van der Waals surface area contributed by atoms with Gasteiger partial charge in [0, 0.05) is 0 Å². The number of aliphatic hydroxyl groups excluding tert-OH is 1. The van der Waals surface area contributed by atoms with Gasteiger partial charge in [0.15, 0.2) is 0 Å². The molecule has 0 aromatic rings. The molecule has 1 heteroatoms. The van der Waals surface area contributed by atoms with E-state index in [1.54, 1.807) is 0 Å². The van der Waals surface area contributed by atoms with Crippen molar-refractivity contribution in [3.63, 3.8) is 0 Å². The van der Waals surface area contributed by atoms with E-state index in [4.69, 9.17) is 5.11 Å². The number of hydrogen-bond donors (Lipinski definition) is 1. The quantitative estimate of drug-likeness (QED) is 0.632. The van der Waals surface area contributed by atoms with Gasteiger partial charge >= 0.3 is 0 Å². The van der Waals surface area contributed by atoms with E-state index in [1.807, 2.05) is 0 Å². The Morgan fingerprint density at radius 1 is 0.857 bits per heavy atom. The number of hydrogen-bond acceptors (Lipinski definition) is 1. The summed E-state index contributed by atoms with van der Waals surface area (Å²) >= 11 is 0. The van der Waals surface area contributed by atoms with Crippen LogP contribution in [0.1, 0.15) is 64.2 Å². The molecule has 0 fully saturated rings. The molecule has 1 rings (SSSR count). The van der Waals surface area contributed by atoms with Crippen LogP contribution in [0.15, 0.2) is 11.6 Å². The predicted octanol–water partition coefficient (Wildman–Crippen LogP) is 3.82. The first-order valence-corrected chi connectivity index (χ1v) is 6.22. The van der Waals surface area contributed by atoms with Crippen LogP contribution in [-0.2, 0) is 0 Å². The molecule has 0 heterocycles. The third kappa shape index (κ3) is 5.43. The van der Waals surface area contributed by atoms with Crippen molar-refractivity contribution in [3.8, 4) is 0 Å². The van der Waals surface area contributed by atoms with E-state index in [-0.39, 0.29) is 6.61 Å². The molecular formula is C13H24O. The van der Waals surface area contributed by atoms with Crippen LogP contribution in [0.4, 0.5) is 0 Å². The maximum atomic E-state index is 9.13. The summed E-state index contributed by atoms with van der Waals surface area (Å²) in [5.41, 5.74) is 1.27. The van der Waals surface area contributed by atoms with Crippen LogP contribution in [-0.4, -0.2) is 11.7 Å². The lowest BCUT2D eigenvalue weighted by molar-refractivity contribution is 0.324. The zero-order chi connectivity index (χ0) is 10.1. The van der Waals surface area contributed by atoms with E-state index >= 15 is 0 Å². The molecule has 0 aliphatic heterocycles. The summed E-state index contributed by atoms with van der Waals surface area (Å²) in [5, 5.41) is 9.13. The molecule has 0 spiro atoms. The highest BCUT2D eigenvalue weighted by atomic mass is 16.3. The zero-order valence-electron chi connectivity index (χ0n) is 9.30. The smallest absolute Gasteiger partial charge is 0.0641 e. The van der Waals surface area contributed by atoms with Crippen LogP contribution < -0.4 is 0 Å². The summed E-state index contributed by atoms with van der Waals surface area (Å²) in [6.45, 7) is 0.278. The van der Waals surface area contributed by atoms with Crippen LogP contribution in [0.3, 0.4) is 0 Å².